The zero-order valence-corrected chi connectivity index (χ0v) is 11.3. The molecule has 0 spiro atoms. The Kier molecular flexibility index (Phi) is 4.10. The van der Waals surface area contributed by atoms with Gasteiger partial charge in [0.05, 0.1) is 13.0 Å². The summed E-state index contributed by atoms with van der Waals surface area (Å²) in [6.45, 7) is 2.05. The first-order valence-corrected chi connectivity index (χ1v) is 6.52. The number of aromatic hydroxyl groups is 1. The lowest BCUT2D eigenvalue weighted by Crippen LogP contribution is -2.18. The molecule has 1 unspecified atom stereocenters. The van der Waals surface area contributed by atoms with E-state index < -0.39 is 0 Å². The fourth-order valence-electron chi connectivity index (χ4n) is 2.42. The van der Waals surface area contributed by atoms with Crippen LogP contribution >= 0.6 is 0 Å². The van der Waals surface area contributed by atoms with Crippen LogP contribution in [0.2, 0.25) is 0 Å². The van der Waals surface area contributed by atoms with Crippen molar-refractivity contribution in [2.45, 2.75) is 26.2 Å². The standard InChI is InChI=1S/C15H19NO3/c1-3-4-10(15(18)19-2)7-11-9-16-14-6-5-12(17)8-13(11)14/h5-6,8-10,16-17H,3-4,7H2,1-2H3. The number of fused-ring (bicyclic) bond motifs is 1. The molecule has 0 amide bonds. The van der Waals surface area contributed by atoms with Crippen molar-refractivity contribution < 1.29 is 14.6 Å². The van der Waals surface area contributed by atoms with Crippen molar-refractivity contribution >= 4 is 16.9 Å². The minimum absolute atomic E-state index is 0.128. The number of hydrogen-bond donors (Lipinski definition) is 2. The second kappa shape index (κ2) is 5.78. The number of hydrogen-bond acceptors (Lipinski definition) is 3. The zero-order valence-electron chi connectivity index (χ0n) is 11.3. The number of rotatable bonds is 5. The van der Waals surface area contributed by atoms with E-state index in [2.05, 4.69) is 11.9 Å². The van der Waals surface area contributed by atoms with Gasteiger partial charge in [-0.1, -0.05) is 13.3 Å². The van der Waals surface area contributed by atoms with Gasteiger partial charge in [0.15, 0.2) is 0 Å². The molecule has 0 radical (unpaired) electrons. The van der Waals surface area contributed by atoms with Crippen LogP contribution in [0.3, 0.4) is 0 Å². The third-order valence-corrected chi connectivity index (χ3v) is 3.39. The lowest BCUT2D eigenvalue weighted by molar-refractivity contribution is -0.145. The van der Waals surface area contributed by atoms with E-state index in [-0.39, 0.29) is 17.6 Å². The fraction of sp³-hybridized carbons (Fsp3) is 0.400. The molecule has 0 bridgehead atoms. The minimum Gasteiger partial charge on any atom is -0.508 e. The molecule has 0 aliphatic rings. The number of aromatic amines is 1. The van der Waals surface area contributed by atoms with Gasteiger partial charge in [-0.15, -0.1) is 0 Å². The predicted molar refractivity (Wildman–Crippen MR) is 74.1 cm³/mol. The molecule has 4 heteroatoms. The van der Waals surface area contributed by atoms with Crippen molar-refractivity contribution in [3.63, 3.8) is 0 Å². The quantitative estimate of drug-likeness (QED) is 0.813. The van der Waals surface area contributed by atoms with Crippen LogP contribution in [0.5, 0.6) is 5.75 Å². The summed E-state index contributed by atoms with van der Waals surface area (Å²) >= 11 is 0. The predicted octanol–water partition coefficient (Wildman–Crippen LogP) is 3.01. The number of aromatic nitrogens is 1. The largest absolute Gasteiger partial charge is 0.508 e. The summed E-state index contributed by atoms with van der Waals surface area (Å²) in [6, 6.07) is 5.20. The molecule has 0 fully saturated rings. The maximum absolute atomic E-state index is 11.7. The normalized spacial score (nSPS) is 12.5. The molecule has 19 heavy (non-hydrogen) atoms. The van der Waals surface area contributed by atoms with Crippen molar-refractivity contribution in [3.8, 4) is 5.75 Å². The summed E-state index contributed by atoms with van der Waals surface area (Å²) in [7, 11) is 1.42. The highest BCUT2D eigenvalue weighted by Crippen LogP contribution is 2.26. The topological polar surface area (TPSA) is 62.3 Å². The molecule has 0 saturated heterocycles. The number of ether oxygens (including phenoxy) is 1. The number of H-pyrrole nitrogens is 1. The summed E-state index contributed by atoms with van der Waals surface area (Å²) in [4.78, 5) is 14.9. The average Bonchev–Trinajstić information content (AvgIpc) is 2.80. The van der Waals surface area contributed by atoms with Crippen LogP contribution in [-0.4, -0.2) is 23.2 Å². The van der Waals surface area contributed by atoms with Gasteiger partial charge >= 0.3 is 5.97 Å². The Bertz CT molecular complexity index is 574. The van der Waals surface area contributed by atoms with Crippen LogP contribution in [-0.2, 0) is 16.0 Å². The first kappa shape index (κ1) is 13.5. The molecule has 2 aromatic rings. The molecule has 4 nitrogen and oxygen atoms in total. The van der Waals surface area contributed by atoms with Gasteiger partial charge in [0.1, 0.15) is 5.75 Å². The van der Waals surface area contributed by atoms with Gasteiger partial charge in [0, 0.05) is 17.1 Å². The van der Waals surface area contributed by atoms with Gasteiger partial charge in [-0.05, 0) is 36.6 Å². The monoisotopic (exact) mass is 261 g/mol. The highest BCUT2D eigenvalue weighted by molar-refractivity contribution is 5.85. The molecule has 1 aromatic carbocycles. The molecule has 0 aliphatic heterocycles. The Hall–Kier alpha value is -1.97. The Morgan fingerprint density at radius 3 is 2.95 bits per heavy atom. The number of nitrogens with one attached hydrogen (secondary N) is 1. The van der Waals surface area contributed by atoms with Crippen molar-refractivity contribution in [3.05, 3.63) is 30.0 Å². The summed E-state index contributed by atoms with van der Waals surface area (Å²) < 4.78 is 4.85. The van der Waals surface area contributed by atoms with E-state index in [1.807, 2.05) is 12.3 Å². The van der Waals surface area contributed by atoms with Crippen LogP contribution in [0, 0.1) is 5.92 Å². The second-order valence-corrected chi connectivity index (χ2v) is 4.76. The Morgan fingerprint density at radius 1 is 1.47 bits per heavy atom. The van der Waals surface area contributed by atoms with E-state index >= 15 is 0 Å². The van der Waals surface area contributed by atoms with Crippen molar-refractivity contribution in [1.29, 1.82) is 0 Å². The van der Waals surface area contributed by atoms with Gasteiger partial charge < -0.3 is 14.8 Å². The summed E-state index contributed by atoms with van der Waals surface area (Å²) in [5.41, 5.74) is 2.00. The number of methoxy groups -OCH3 is 1. The van der Waals surface area contributed by atoms with E-state index in [0.29, 0.717) is 6.42 Å². The van der Waals surface area contributed by atoms with Gasteiger partial charge in [-0.2, -0.15) is 0 Å². The van der Waals surface area contributed by atoms with Crippen LogP contribution < -0.4 is 0 Å². The maximum atomic E-state index is 11.7. The average molecular weight is 261 g/mol. The van der Waals surface area contributed by atoms with Crippen molar-refractivity contribution in [2.24, 2.45) is 5.92 Å². The zero-order chi connectivity index (χ0) is 13.8. The van der Waals surface area contributed by atoms with E-state index in [1.165, 1.54) is 7.11 Å². The van der Waals surface area contributed by atoms with Gasteiger partial charge in [0.2, 0.25) is 0 Å². The van der Waals surface area contributed by atoms with Crippen LogP contribution in [0.4, 0.5) is 0 Å². The first-order valence-electron chi connectivity index (χ1n) is 6.52. The molecule has 102 valence electrons. The first-order chi connectivity index (χ1) is 9.15. The molecular weight excluding hydrogens is 242 g/mol. The molecule has 1 atom stereocenters. The molecule has 2 N–H and O–H groups in total. The lowest BCUT2D eigenvalue weighted by atomic mass is 9.95. The SMILES string of the molecule is CCCC(Cc1c[nH]c2ccc(O)cc12)C(=O)OC. The molecular formula is C15H19NO3. The van der Waals surface area contributed by atoms with Crippen molar-refractivity contribution in [1.82, 2.24) is 4.98 Å². The van der Waals surface area contributed by atoms with E-state index in [0.717, 1.165) is 29.3 Å². The third-order valence-electron chi connectivity index (χ3n) is 3.39. The Morgan fingerprint density at radius 2 is 2.26 bits per heavy atom. The number of carbonyl (C=O) groups is 1. The van der Waals surface area contributed by atoms with Crippen LogP contribution in [0.15, 0.2) is 24.4 Å². The van der Waals surface area contributed by atoms with Gasteiger partial charge in [-0.25, -0.2) is 0 Å². The minimum atomic E-state index is -0.170. The van der Waals surface area contributed by atoms with Crippen LogP contribution in [0.1, 0.15) is 25.3 Å². The van der Waals surface area contributed by atoms with E-state index in [1.54, 1.807) is 12.1 Å². The molecule has 0 saturated carbocycles. The van der Waals surface area contributed by atoms with E-state index in [4.69, 9.17) is 4.74 Å². The maximum Gasteiger partial charge on any atom is 0.308 e. The number of phenols is 1. The Labute approximate surface area is 112 Å². The lowest BCUT2D eigenvalue weighted by Gasteiger charge is -2.13. The molecule has 1 heterocycles. The highest BCUT2D eigenvalue weighted by atomic mass is 16.5. The number of carbonyl (C=O) groups excluding carboxylic acids is 1. The summed E-state index contributed by atoms with van der Waals surface area (Å²) in [5.74, 6) is -0.0637. The molecule has 2 rings (SSSR count). The third kappa shape index (κ3) is 2.89. The smallest absolute Gasteiger partial charge is 0.308 e. The Balaban J connectivity index is 2.28. The number of benzene rings is 1. The summed E-state index contributed by atoms with van der Waals surface area (Å²) in [6.07, 6.45) is 4.27. The number of esters is 1. The van der Waals surface area contributed by atoms with Crippen molar-refractivity contribution in [2.75, 3.05) is 7.11 Å². The second-order valence-electron chi connectivity index (χ2n) is 4.76. The summed E-state index contributed by atoms with van der Waals surface area (Å²) in [5, 5.41) is 10.5. The highest BCUT2D eigenvalue weighted by Gasteiger charge is 2.20. The number of phenolic OH excluding ortho intramolecular Hbond substituents is 1. The van der Waals surface area contributed by atoms with E-state index in [9.17, 15) is 9.90 Å². The van der Waals surface area contributed by atoms with Gasteiger partial charge in [-0.3, -0.25) is 4.79 Å². The molecule has 0 aliphatic carbocycles. The van der Waals surface area contributed by atoms with Crippen LogP contribution in [0.25, 0.3) is 10.9 Å². The fourth-order valence-corrected chi connectivity index (χ4v) is 2.42. The van der Waals surface area contributed by atoms with Gasteiger partial charge in [0.25, 0.3) is 0 Å². The molecule has 1 aromatic heterocycles.